The third-order valence-corrected chi connectivity index (χ3v) is 7.13. The molecule has 5 aromatic rings. The summed E-state index contributed by atoms with van der Waals surface area (Å²) < 4.78 is 0. The van der Waals surface area contributed by atoms with E-state index in [1.165, 1.54) is 54.9 Å². The van der Waals surface area contributed by atoms with Crippen molar-refractivity contribution in [2.45, 2.75) is 19.3 Å². The fourth-order valence-corrected chi connectivity index (χ4v) is 5.75. The Morgan fingerprint density at radius 1 is 0.484 bits per heavy atom. The van der Waals surface area contributed by atoms with Crippen LogP contribution in [0.1, 0.15) is 36.1 Å². The third-order valence-electron chi connectivity index (χ3n) is 7.13. The molecule has 0 radical (unpaired) electrons. The van der Waals surface area contributed by atoms with Crippen LogP contribution in [0.3, 0.4) is 0 Å². The molecule has 0 fully saturated rings. The quantitative estimate of drug-likeness (QED) is 0.282. The predicted octanol–water partition coefficient (Wildman–Crippen LogP) is 8.24. The van der Waals surface area contributed by atoms with E-state index in [0.29, 0.717) is 0 Å². The van der Waals surface area contributed by atoms with Gasteiger partial charge in [0.1, 0.15) is 0 Å². The maximum absolute atomic E-state index is 2.42. The Kier molecular flexibility index (Phi) is 3.91. The molecule has 31 heavy (non-hydrogen) atoms. The molecule has 1 aliphatic carbocycles. The Morgan fingerprint density at radius 2 is 1.00 bits per heavy atom. The van der Waals surface area contributed by atoms with Crippen LogP contribution in [0.25, 0.3) is 32.7 Å². The van der Waals surface area contributed by atoms with Crippen LogP contribution >= 0.6 is 0 Å². The van der Waals surface area contributed by atoms with E-state index < -0.39 is 0 Å². The van der Waals surface area contributed by atoms with E-state index in [-0.39, 0.29) is 5.41 Å². The molecular weight excluding hydrogens is 372 g/mol. The molecule has 0 saturated heterocycles. The molecule has 0 saturated carbocycles. The lowest BCUT2D eigenvalue weighted by Gasteiger charge is -2.33. The summed E-state index contributed by atoms with van der Waals surface area (Å²) in [5, 5.41) is 5.23. The first-order valence-electron chi connectivity index (χ1n) is 11.0. The molecule has 148 valence electrons. The second-order valence-electron chi connectivity index (χ2n) is 8.72. The zero-order valence-corrected chi connectivity index (χ0v) is 17.9. The van der Waals surface area contributed by atoms with Crippen molar-refractivity contribution in [3.8, 4) is 0 Å². The highest BCUT2D eigenvalue weighted by Crippen LogP contribution is 2.56. The number of hydrogen-bond donors (Lipinski definition) is 0. The van der Waals surface area contributed by atoms with Gasteiger partial charge >= 0.3 is 0 Å². The average Bonchev–Trinajstić information content (AvgIpc) is 3.06. The molecule has 0 aromatic heterocycles. The van der Waals surface area contributed by atoms with Crippen molar-refractivity contribution in [1.29, 1.82) is 0 Å². The Hall–Kier alpha value is -3.64. The number of hydrogen-bond acceptors (Lipinski definition) is 0. The van der Waals surface area contributed by atoms with E-state index in [1.54, 1.807) is 0 Å². The van der Waals surface area contributed by atoms with E-state index in [9.17, 15) is 0 Å². The Labute approximate surface area is 183 Å². The van der Waals surface area contributed by atoms with Gasteiger partial charge < -0.3 is 0 Å². The third kappa shape index (κ3) is 2.48. The molecule has 0 heteroatoms. The van der Waals surface area contributed by atoms with Crippen LogP contribution in [0.2, 0.25) is 0 Å². The van der Waals surface area contributed by atoms with Crippen LogP contribution in [0.4, 0.5) is 0 Å². The summed E-state index contributed by atoms with van der Waals surface area (Å²) in [4.78, 5) is 0. The summed E-state index contributed by atoms with van der Waals surface area (Å²) in [6.07, 6.45) is 0. The highest BCUT2D eigenvalue weighted by Gasteiger charge is 2.43. The molecule has 0 heterocycles. The minimum atomic E-state index is -0.230. The topological polar surface area (TPSA) is 0 Å². The zero-order chi connectivity index (χ0) is 21.0. The number of fused-ring (bicyclic) bond motifs is 3. The smallest absolute Gasteiger partial charge is 0.0444 e. The summed E-state index contributed by atoms with van der Waals surface area (Å²) in [5.74, 6) is 0. The van der Waals surface area contributed by atoms with Gasteiger partial charge in [-0.15, -0.1) is 0 Å². The lowest BCUT2D eigenvalue weighted by molar-refractivity contribution is 0.767. The van der Waals surface area contributed by atoms with Crippen molar-refractivity contribution in [3.63, 3.8) is 0 Å². The minimum absolute atomic E-state index is 0.230. The Morgan fingerprint density at radius 3 is 1.81 bits per heavy atom. The molecule has 0 bridgehead atoms. The van der Waals surface area contributed by atoms with Crippen LogP contribution in [0.5, 0.6) is 0 Å². The summed E-state index contributed by atoms with van der Waals surface area (Å²) in [6, 6.07) is 39.9. The molecule has 1 aliphatic rings. The number of rotatable bonds is 2. The van der Waals surface area contributed by atoms with E-state index in [4.69, 9.17) is 0 Å². The van der Waals surface area contributed by atoms with Crippen LogP contribution < -0.4 is 0 Å². The van der Waals surface area contributed by atoms with Gasteiger partial charge in [0.15, 0.2) is 0 Å². The first-order valence-corrected chi connectivity index (χ1v) is 11.0. The lowest BCUT2D eigenvalue weighted by atomic mass is 9.69. The molecule has 1 atom stereocenters. The van der Waals surface area contributed by atoms with Gasteiger partial charge in [0.2, 0.25) is 0 Å². The number of allylic oxidation sites excluding steroid dienone is 2. The monoisotopic (exact) mass is 396 g/mol. The van der Waals surface area contributed by atoms with Crippen molar-refractivity contribution in [3.05, 3.63) is 131 Å². The van der Waals surface area contributed by atoms with Crippen LogP contribution in [0, 0.1) is 0 Å². The van der Waals surface area contributed by atoms with Crippen molar-refractivity contribution in [2.75, 3.05) is 0 Å². The second-order valence-corrected chi connectivity index (χ2v) is 8.72. The van der Waals surface area contributed by atoms with Crippen LogP contribution in [-0.2, 0) is 5.41 Å². The highest BCUT2D eigenvalue weighted by atomic mass is 14.4. The van der Waals surface area contributed by atoms with Gasteiger partial charge in [0.25, 0.3) is 0 Å². The molecule has 5 aromatic carbocycles. The predicted molar refractivity (Wildman–Crippen MR) is 133 cm³/mol. The van der Waals surface area contributed by atoms with Gasteiger partial charge in [-0.2, -0.15) is 0 Å². The minimum Gasteiger partial charge on any atom is -0.0619 e. The van der Waals surface area contributed by atoms with Crippen molar-refractivity contribution < 1.29 is 0 Å². The summed E-state index contributed by atoms with van der Waals surface area (Å²) in [7, 11) is 0. The maximum atomic E-state index is 2.42. The molecule has 6 rings (SSSR count). The Bertz CT molecular complexity index is 1490. The normalized spacial score (nSPS) is 18.0. The fourth-order valence-electron chi connectivity index (χ4n) is 5.75. The SMILES string of the molecule is CC1=C(c2cccc3ccccc23)C(C)(c2cccc3ccccc23)c2ccccc21. The first kappa shape index (κ1) is 18.2. The van der Waals surface area contributed by atoms with Gasteiger partial charge in [-0.1, -0.05) is 109 Å². The van der Waals surface area contributed by atoms with E-state index >= 15 is 0 Å². The summed E-state index contributed by atoms with van der Waals surface area (Å²) in [6.45, 7) is 4.72. The molecule has 0 N–H and O–H groups in total. The van der Waals surface area contributed by atoms with E-state index in [1.807, 2.05) is 0 Å². The largest absolute Gasteiger partial charge is 0.0619 e. The van der Waals surface area contributed by atoms with Crippen molar-refractivity contribution in [2.24, 2.45) is 0 Å². The van der Waals surface area contributed by atoms with Crippen LogP contribution in [0.15, 0.2) is 109 Å². The van der Waals surface area contributed by atoms with Crippen LogP contribution in [-0.4, -0.2) is 0 Å². The van der Waals surface area contributed by atoms with Gasteiger partial charge in [0, 0.05) is 5.41 Å². The Balaban J connectivity index is 1.75. The highest BCUT2D eigenvalue weighted by molar-refractivity contribution is 6.10. The maximum Gasteiger partial charge on any atom is 0.0444 e. The molecular formula is C31H24. The molecule has 1 unspecified atom stereocenters. The van der Waals surface area contributed by atoms with Gasteiger partial charge in [-0.25, -0.2) is 0 Å². The van der Waals surface area contributed by atoms with Crippen molar-refractivity contribution in [1.82, 2.24) is 0 Å². The zero-order valence-electron chi connectivity index (χ0n) is 17.9. The van der Waals surface area contributed by atoms with E-state index in [2.05, 4.69) is 123 Å². The molecule has 0 aliphatic heterocycles. The second kappa shape index (κ2) is 6.68. The van der Waals surface area contributed by atoms with Crippen molar-refractivity contribution >= 4 is 32.7 Å². The molecule has 0 amide bonds. The summed E-state index contributed by atoms with van der Waals surface area (Å²) in [5.41, 5.74) is 8.03. The average molecular weight is 397 g/mol. The van der Waals surface area contributed by atoms with Gasteiger partial charge in [0.05, 0.1) is 0 Å². The molecule has 0 nitrogen and oxygen atoms in total. The van der Waals surface area contributed by atoms with E-state index in [0.717, 1.165) is 0 Å². The standard InChI is InChI=1S/C31H24/c1-21-24-15-7-8-19-28(24)31(2,29-20-10-14-23-12-4-6-17-26(23)29)30(21)27-18-9-13-22-11-3-5-16-25(22)27/h3-20H,1-2H3. The first-order chi connectivity index (χ1) is 15.2. The molecule has 0 spiro atoms. The fraction of sp³-hybridized carbons (Fsp3) is 0.0968. The van der Waals surface area contributed by atoms with Gasteiger partial charge in [-0.3, -0.25) is 0 Å². The number of benzene rings is 5. The summed E-state index contributed by atoms with van der Waals surface area (Å²) >= 11 is 0. The lowest BCUT2D eigenvalue weighted by Crippen LogP contribution is -2.24. The van der Waals surface area contributed by atoms with Gasteiger partial charge in [-0.05, 0) is 68.8 Å².